The van der Waals surface area contributed by atoms with E-state index in [-0.39, 0.29) is 6.04 Å². The van der Waals surface area contributed by atoms with Crippen LogP contribution in [0.5, 0.6) is 0 Å². The van der Waals surface area contributed by atoms with Gasteiger partial charge in [0.1, 0.15) is 0 Å². The van der Waals surface area contributed by atoms with E-state index in [1.165, 1.54) is 11.3 Å². The fraction of sp³-hybridized carbons (Fsp3) is 0.600. The maximum absolute atomic E-state index is 6.00. The van der Waals surface area contributed by atoms with Crippen molar-refractivity contribution in [3.8, 4) is 0 Å². The molecule has 1 aromatic rings. The lowest BCUT2D eigenvalue weighted by atomic mass is 10.1. The smallest absolute Gasteiger partial charge is 0.0644 e. The van der Waals surface area contributed by atoms with Crippen molar-refractivity contribution in [3.05, 3.63) is 29.8 Å². The highest BCUT2D eigenvalue weighted by molar-refractivity contribution is 5.47. The van der Waals surface area contributed by atoms with E-state index in [1.807, 2.05) is 0 Å². The van der Waals surface area contributed by atoms with E-state index in [2.05, 4.69) is 57.0 Å². The predicted octanol–water partition coefficient (Wildman–Crippen LogP) is 2.96. The summed E-state index contributed by atoms with van der Waals surface area (Å²) in [4.78, 5) is 2.20. The van der Waals surface area contributed by atoms with Crippen molar-refractivity contribution >= 4 is 5.69 Å². The highest BCUT2D eigenvalue weighted by Crippen LogP contribution is 2.18. The summed E-state index contributed by atoms with van der Waals surface area (Å²) in [6.45, 7) is 7.87. The largest absolute Gasteiger partial charge is 0.377 e. The van der Waals surface area contributed by atoms with E-state index in [4.69, 9.17) is 10.5 Å². The second kappa shape index (κ2) is 7.39. The molecule has 2 N–H and O–H groups in total. The number of hydrogen-bond donors (Lipinski definition) is 1. The van der Waals surface area contributed by atoms with Crippen molar-refractivity contribution in [2.75, 3.05) is 25.1 Å². The Bertz CT molecular complexity index is 335. The van der Waals surface area contributed by atoms with E-state index in [1.54, 1.807) is 0 Å². The molecule has 0 aromatic heterocycles. The number of anilines is 1. The summed E-state index contributed by atoms with van der Waals surface area (Å²) in [5, 5.41) is 0. The van der Waals surface area contributed by atoms with Crippen LogP contribution >= 0.6 is 0 Å². The molecular formula is C15H26N2O. The molecule has 0 amide bonds. The Morgan fingerprint density at radius 2 is 1.83 bits per heavy atom. The van der Waals surface area contributed by atoms with E-state index in [0.717, 1.165) is 19.6 Å². The van der Waals surface area contributed by atoms with Crippen molar-refractivity contribution in [3.63, 3.8) is 0 Å². The van der Waals surface area contributed by atoms with Gasteiger partial charge >= 0.3 is 0 Å². The third-order valence-electron chi connectivity index (χ3n) is 3.08. The fourth-order valence-electron chi connectivity index (χ4n) is 1.77. The maximum Gasteiger partial charge on any atom is 0.0644 e. The van der Waals surface area contributed by atoms with Crippen LogP contribution in [0.15, 0.2) is 24.3 Å². The van der Waals surface area contributed by atoms with Gasteiger partial charge in [-0.25, -0.2) is 0 Å². The first-order valence-electron chi connectivity index (χ1n) is 6.72. The summed E-state index contributed by atoms with van der Waals surface area (Å²) in [5.74, 6) is 0. The average molecular weight is 250 g/mol. The lowest BCUT2D eigenvalue weighted by Gasteiger charge is -2.21. The Balaban J connectivity index is 2.51. The molecule has 1 unspecified atom stereocenters. The number of rotatable bonds is 7. The molecule has 102 valence electrons. The van der Waals surface area contributed by atoms with Crippen LogP contribution in [0.25, 0.3) is 0 Å². The summed E-state index contributed by atoms with van der Waals surface area (Å²) >= 11 is 0. The van der Waals surface area contributed by atoms with Gasteiger partial charge in [0, 0.05) is 25.3 Å². The van der Waals surface area contributed by atoms with Gasteiger partial charge in [0.05, 0.1) is 12.7 Å². The highest BCUT2D eigenvalue weighted by atomic mass is 16.5. The molecule has 0 heterocycles. The van der Waals surface area contributed by atoms with Gasteiger partial charge in [-0.3, -0.25) is 0 Å². The molecule has 0 aliphatic heterocycles. The molecule has 0 radical (unpaired) electrons. The minimum Gasteiger partial charge on any atom is -0.377 e. The maximum atomic E-state index is 6.00. The van der Waals surface area contributed by atoms with Crippen molar-refractivity contribution in [1.29, 1.82) is 0 Å². The Hall–Kier alpha value is -1.06. The Morgan fingerprint density at radius 3 is 2.33 bits per heavy atom. The second-order valence-electron chi connectivity index (χ2n) is 4.95. The van der Waals surface area contributed by atoms with Crippen LogP contribution in [-0.2, 0) is 4.74 Å². The van der Waals surface area contributed by atoms with E-state index >= 15 is 0 Å². The summed E-state index contributed by atoms with van der Waals surface area (Å²) in [6, 6.07) is 8.63. The molecule has 3 nitrogen and oxygen atoms in total. The van der Waals surface area contributed by atoms with Crippen LogP contribution < -0.4 is 10.6 Å². The number of hydrogen-bond acceptors (Lipinski definition) is 3. The van der Waals surface area contributed by atoms with Gasteiger partial charge in [-0.05, 0) is 38.0 Å². The Morgan fingerprint density at radius 1 is 1.22 bits per heavy atom. The van der Waals surface area contributed by atoms with Gasteiger partial charge in [0.2, 0.25) is 0 Å². The van der Waals surface area contributed by atoms with Crippen LogP contribution in [0, 0.1) is 0 Å². The molecule has 1 rings (SSSR count). The molecule has 0 aliphatic carbocycles. The van der Waals surface area contributed by atoms with E-state index in [0.29, 0.717) is 6.10 Å². The molecule has 0 spiro atoms. The summed E-state index contributed by atoms with van der Waals surface area (Å²) in [7, 11) is 2.08. The van der Waals surface area contributed by atoms with Crippen molar-refractivity contribution in [1.82, 2.24) is 0 Å². The molecule has 1 atom stereocenters. The van der Waals surface area contributed by atoms with Crippen molar-refractivity contribution in [2.45, 2.75) is 39.3 Å². The number of benzene rings is 1. The van der Waals surface area contributed by atoms with Gasteiger partial charge in [-0.15, -0.1) is 0 Å². The van der Waals surface area contributed by atoms with Crippen LogP contribution in [0.4, 0.5) is 5.69 Å². The minimum atomic E-state index is 0.147. The lowest BCUT2D eigenvalue weighted by molar-refractivity contribution is 0.0846. The normalized spacial score (nSPS) is 12.8. The van der Waals surface area contributed by atoms with E-state index in [9.17, 15) is 0 Å². The fourth-order valence-corrected chi connectivity index (χ4v) is 1.77. The second-order valence-corrected chi connectivity index (χ2v) is 4.95. The van der Waals surface area contributed by atoms with Crippen LogP contribution in [0.2, 0.25) is 0 Å². The molecule has 1 aromatic carbocycles. The molecule has 18 heavy (non-hydrogen) atoms. The molecule has 0 saturated heterocycles. The molecule has 0 bridgehead atoms. The molecule has 0 saturated carbocycles. The quantitative estimate of drug-likeness (QED) is 0.808. The standard InChI is InChI=1S/C15H26N2O/c1-5-15(16)13-6-8-14(9-7-13)17(4)10-11-18-12(2)3/h6-9,12,15H,5,10-11,16H2,1-4H3. The zero-order valence-electron chi connectivity index (χ0n) is 12.0. The number of ether oxygens (including phenoxy) is 1. The SMILES string of the molecule is CCC(N)c1ccc(N(C)CCOC(C)C)cc1. The highest BCUT2D eigenvalue weighted by Gasteiger charge is 2.05. The zero-order chi connectivity index (χ0) is 13.5. The summed E-state index contributed by atoms with van der Waals surface area (Å²) in [6.07, 6.45) is 1.26. The summed E-state index contributed by atoms with van der Waals surface area (Å²) < 4.78 is 5.55. The van der Waals surface area contributed by atoms with Crippen LogP contribution in [0.1, 0.15) is 38.8 Å². The summed E-state index contributed by atoms with van der Waals surface area (Å²) in [5.41, 5.74) is 8.41. The van der Waals surface area contributed by atoms with Crippen LogP contribution in [-0.4, -0.2) is 26.3 Å². The van der Waals surface area contributed by atoms with Gasteiger partial charge < -0.3 is 15.4 Å². The molecule has 0 aliphatic rings. The molecular weight excluding hydrogens is 224 g/mol. The first-order valence-corrected chi connectivity index (χ1v) is 6.72. The average Bonchev–Trinajstić information content (AvgIpc) is 2.37. The van der Waals surface area contributed by atoms with Gasteiger partial charge in [-0.1, -0.05) is 19.1 Å². The third kappa shape index (κ3) is 4.67. The number of nitrogens with zero attached hydrogens (tertiary/aromatic N) is 1. The predicted molar refractivity (Wildman–Crippen MR) is 78.0 cm³/mol. The monoisotopic (exact) mass is 250 g/mol. The van der Waals surface area contributed by atoms with Gasteiger partial charge in [0.25, 0.3) is 0 Å². The Kier molecular flexibility index (Phi) is 6.16. The number of nitrogens with two attached hydrogens (primary N) is 1. The molecule has 0 fully saturated rings. The third-order valence-corrected chi connectivity index (χ3v) is 3.08. The molecule has 3 heteroatoms. The van der Waals surface area contributed by atoms with E-state index < -0.39 is 0 Å². The van der Waals surface area contributed by atoms with Crippen molar-refractivity contribution < 1.29 is 4.74 Å². The zero-order valence-corrected chi connectivity index (χ0v) is 12.0. The Labute approximate surface area is 111 Å². The van der Waals surface area contributed by atoms with Crippen LogP contribution in [0.3, 0.4) is 0 Å². The van der Waals surface area contributed by atoms with Gasteiger partial charge in [-0.2, -0.15) is 0 Å². The topological polar surface area (TPSA) is 38.5 Å². The minimum absolute atomic E-state index is 0.147. The van der Waals surface area contributed by atoms with Gasteiger partial charge in [0.15, 0.2) is 0 Å². The number of likely N-dealkylation sites (N-methyl/N-ethyl adjacent to an activating group) is 1. The first-order chi connectivity index (χ1) is 8.54. The lowest BCUT2D eigenvalue weighted by Crippen LogP contribution is -2.23. The van der Waals surface area contributed by atoms with Crippen molar-refractivity contribution in [2.24, 2.45) is 5.73 Å². The first kappa shape index (κ1) is 15.0.